The standard InChI is InChI=1S/C19H27ClO6/c1-5-10(2)15(21)18(3,24)7-6-11-8-12-13(9-26-11)16(22)19(4,25)17(23)14(12)20/h6-8,10,13,15-16,21-22,24-25H,5,9H2,1-4H3/b7-6+/t10-,13-,15+,16+,18+,19+/m0/s1. The van der Waals surface area contributed by atoms with Gasteiger partial charge >= 0.3 is 0 Å². The van der Waals surface area contributed by atoms with Crippen molar-refractivity contribution in [3.63, 3.8) is 0 Å². The van der Waals surface area contributed by atoms with E-state index in [4.69, 9.17) is 16.3 Å². The molecule has 0 saturated heterocycles. The maximum atomic E-state index is 12.2. The highest BCUT2D eigenvalue weighted by Gasteiger charge is 2.50. The second-order valence-corrected chi connectivity index (χ2v) is 7.92. The summed E-state index contributed by atoms with van der Waals surface area (Å²) in [4.78, 5) is 12.2. The zero-order valence-corrected chi connectivity index (χ0v) is 16.2. The average Bonchev–Trinajstić information content (AvgIpc) is 2.61. The molecule has 0 radical (unpaired) electrons. The van der Waals surface area contributed by atoms with E-state index in [2.05, 4.69) is 0 Å². The largest absolute Gasteiger partial charge is 0.493 e. The molecule has 0 bridgehead atoms. The number of ether oxygens (including phenoxy) is 1. The Morgan fingerprint density at radius 2 is 2.15 bits per heavy atom. The van der Waals surface area contributed by atoms with Crippen LogP contribution < -0.4 is 0 Å². The zero-order chi connectivity index (χ0) is 19.9. The molecule has 6 nitrogen and oxygen atoms in total. The number of carbonyl (C=O) groups is 1. The van der Waals surface area contributed by atoms with E-state index in [1.54, 1.807) is 0 Å². The van der Waals surface area contributed by atoms with Crippen molar-refractivity contribution in [3.05, 3.63) is 34.6 Å². The molecule has 1 aliphatic heterocycles. The molecule has 0 amide bonds. The predicted octanol–water partition coefficient (Wildman–Crippen LogP) is 1.42. The highest BCUT2D eigenvalue weighted by atomic mass is 35.5. The molecular formula is C19H27ClO6. The lowest BCUT2D eigenvalue weighted by Crippen LogP contribution is -2.55. The number of fused-ring (bicyclic) bond motifs is 1. The van der Waals surface area contributed by atoms with Crippen molar-refractivity contribution in [3.8, 4) is 0 Å². The molecule has 2 aliphatic rings. The fourth-order valence-corrected chi connectivity index (χ4v) is 3.58. The second-order valence-electron chi connectivity index (χ2n) is 7.54. The minimum absolute atomic E-state index is 0.0301. The Kier molecular flexibility index (Phi) is 6.05. The van der Waals surface area contributed by atoms with Crippen molar-refractivity contribution in [2.75, 3.05) is 6.61 Å². The van der Waals surface area contributed by atoms with E-state index in [-0.39, 0.29) is 17.6 Å². The normalized spacial score (nSPS) is 34.0. The summed E-state index contributed by atoms with van der Waals surface area (Å²) in [5.74, 6) is -1.12. The number of ketones is 1. The van der Waals surface area contributed by atoms with Crippen LogP contribution in [-0.2, 0) is 9.53 Å². The third-order valence-electron chi connectivity index (χ3n) is 5.36. The number of Topliss-reactive ketones (excluding diaryl/α,β-unsaturated/α-hetero) is 1. The molecule has 2 rings (SSSR count). The van der Waals surface area contributed by atoms with Crippen LogP contribution in [0.25, 0.3) is 0 Å². The summed E-state index contributed by atoms with van der Waals surface area (Å²) >= 11 is 6.10. The molecular weight excluding hydrogens is 360 g/mol. The van der Waals surface area contributed by atoms with Gasteiger partial charge in [0.25, 0.3) is 0 Å². The zero-order valence-electron chi connectivity index (χ0n) is 15.4. The van der Waals surface area contributed by atoms with Crippen LogP contribution >= 0.6 is 11.6 Å². The first-order valence-corrected chi connectivity index (χ1v) is 9.10. The Balaban J connectivity index is 2.29. The SMILES string of the molecule is CC[C@H](C)[C@@H](O)[C@](C)(O)/C=C/C1=CC2=C(Cl)C(=O)[C@](C)(O)[C@H](O)[C@H]2CO1. The molecule has 6 atom stereocenters. The third-order valence-corrected chi connectivity index (χ3v) is 5.75. The van der Waals surface area contributed by atoms with Crippen LogP contribution in [0.5, 0.6) is 0 Å². The fourth-order valence-electron chi connectivity index (χ4n) is 3.19. The summed E-state index contributed by atoms with van der Waals surface area (Å²) in [6.07, 6.45) is 2.88. The number of hydrogen-bond donors (Lipinski definition) is 4. The summed E-state index contributed by atoms with van der Waals surface area (Å²) in [5, 5.41) is 41.0. The number of allylic oxidation sites excluding steroid dienone is 2. The van der Waals surface area contributed by atoms with Gasteiger partial charge in [-0.15, -0.1) is 0 Å². The van der Waals surface area contributed by atoms with E-state index >= 15 is 0 Å². The number of halogens is 1. The highest BCUT2D eigenvalue weighted by molar-refractivity contribution is 6.44. The average molecular weight is 387 g/mol. The number of carbonyl (C=O) groups excluding carboxylic acids is 1. The van der Waals surface area contributed by atoms with Gasteiger partial charge in [0, 0.05) is 5.92 Å². The van der Waals surface area contributed by atoms with E-state index in [1.165, 1.54) is 32.1 Å². The van der Waals surface area contributed by atoms with Gasteiger partial charge in [-0.25, -0.2) is 0 Å². The second kappa shape index (κ2) is 7.44. The van der Waals surface area contributed by atoms with Crippen LogP contribution in [0, 0.1) is 11.8 Å². The molecule has 0 aromatic heterocycles. The molecule has 0 aromatic rings. The van der Waals surface area contributed by atoms with Crippen LogP contribution in [0.2, 0.25) is 0 Å². The molecule has 0 spiro atoms. The minimum atomic E-state index is -1.96. The molecule has 146 valence electrons. The molecule has 0 aromatic carbocycles. The number of aliphatic hydroxyl groups is 4. The predicted molar refractivity (Wildman–Crippen MR) is 97.3 cm³/mol. The molecule has 4 N–H and O–H groups in total. The van der Waals surface area contributed by atoms with Crippen molar-refractivity contribution in [1.82, 2.24) is 0 Å². The van der Waals surface area contributed by atoms with Gasteiger partial charge in [-0.05, 0) is 43.6 Å². The maximum absolute atomic E-state index is 12.2. The molecule has 0 unspecified atom stereocenters. The Hall–Kier alpha value is -1.18. The summed E-state index contributed by atoms with van der Waals surface area (Å²) in [5.41, 5.74) is -3.02. The lowest BCUT2D eigenvalue weighted by Gasteiger charge is -2.40. The van der Waals surface area contributed by atoms with Gasteiger partial charge in [-0.1, -0.05) is 31.9 Å². The minimum Gasteiger partial charge on any atom is -0.493 e. The van der Waals surface area contributed by atoms with Crippen LogP contribution in [0.15, 0.2) is 34.6 Å². The van der Waals surface area contributed by atoms with Crippen LogP contribution in [0.3, 0.4) is 0 Å². The number of hydrogen-bond acceptors (Lipinski definition) is 6. The molecule has 1 aliphatic carbocycles. The van der Waals surface area contributed by atoms with Gasteiger partial charge in [0.1, 0.15) is 17.5 Å². The summed E-state index contributed by atoms with van der Waals surface area (Å²) in [6.45, 7) is 6.53. The van der Waals surface area contributed by atoms with Gasteiger partial charge in [0.2, 0.25) is 5.78 Å². The van der Waals surface area contributed by atoms with E-state index in [9.17, 15) is 25.2 Å². The van der Waals surface area contributed by atoms with Gasteiger partial charge in [-0.2, -0.15) is 0 Å². The van der Waals surface area contributed by atoms with Crippen LogP contribution in [-0.4, -0.2) is 56.2 Å². The van der Waals surface area contributed by atoms with Crippen molar-refractivity contribution in [2.45, 2.75) is 57.5 Å². The van der Waals surface area contributed by atoms with Gasteiger partial charge < -0.3 is 25.2 Å². The molecule has 0 saturated carbocycles. The lowest BCUT2D eigenvalue weighted by molar-refractivity contribution is -0.150. The Morgan fingerprint density at radius 1 is 1.54 bits per heavy atom. The third kappa shape index (κ3) is 3.75. The lowest BCUT2D eigenvalue weighted by atomic mass is 9.75. The smallest absolute Gasteiger partial charge is 0.208 e. The molecule has 7 heteroatoms. The first kappa shape index (κ1) is 21.1. The Morgan fingerprint density at radius 3 is 2.73 bits per heavy atom. The monoisotopic (exact) mass is 386 g/mol. The molecule has 26 heavy (non-hydrogen) atoms. The van der Waals surface area contributed by atoms with Gasteiger partial charge in [0.05, 0.1) is 17.7 Å². The van der Waals surface area contributed by atoms with Crippen molar-refractivity contribution in [1.29, 1.82) is 0 Å². The van der Waals surface area contributed by atoms with Crippen LogP contribution in [0.4, 0.5) is 0 Å². The quantitative estimate of drug-likeness (QED) is 0.569. The maximum Gasteiger partial charge on any atom is 0.208 e. The Labute approximate surface area is 158 Å². The first-order valence-electron chi connectivity index (χ1n) is 8.72. The molecule has 1 heterocycles. The van der Waals surface area contributed by atoms with Gasteiger partial charge in [0.15, 0.2) is 5.60 Å². The van der Waals surface area contributed by atoms with E-state index in [0.717, 1.165) is 0 Å². The van der Waals surface area contributed by atoms with Crippen molar-refractivity contribution in [2.24, 2.45) is 11.8 Å². The summed E-state index contributed by atoms with van der Waals surface area (Å²) in [6, 6.07) is 0. The van der Waals surface area contributed by atoms with E-state index in [0.29, 0.717) is 17.8 Å². The topological polar surface area (TPSA) is 107 Å². The van der Waals surface area contributed by atoms with E-state index in [1.807, 2.05) is 13.8 Å². The number of aliphatic hydroxyl groups excluding tert-OH is 2. The van der Waals surface area contributed by atoms with Crippen LogP contribution in [0.1, 0.15) is 34.1 Å². The molecule has 0 fully saturated rings. The highest BCUT2D eigenvalue weighted by Crippen LogP contribution is 2.40. The van der Waals surface area contributed by atoms with Crippen molar-refractivity contribution >= 4 is 17.4 Å². The first-order chi connectivity index (χ1) is 11.9. The Bertz CT molecular complexity index is 661. The fraction of sp³-hybridized carbons (Fsp3) is 0.632. The number of rotatable bonds is 5. The van der Waals surface area contributed by atoms with E-state index < -0.39 is 35.1 Å². The van der Waals surface area contributed by atoms with Gasteiger partial charge in [-0.3, -0.25) is 4.79 Å². The summed E-state index contributed by atoms with van der Waals surface area (Å²) < 4.78 is 5.56. The van der Waals surface area contributed by atoms with Crippen molar-refractivity contribution < 1.29 is 30.0 Å². The summed E-state index contributed by atoms with van der Waals surface area (Å²) in [7, 11) is 0.